The average Bonchev–Trinajstić information content (AvgIpc) is 2.28. The van der Waals surface area contributed by atoms with Crippen LogP contribution in [0.3, 0.4) is 0 Å². The molecular weight excluding hydrogens is 284 g/mol. The first-order valence-corrected chi connectivity index (χ1v) is 6.29. The van der Waals surface area contributed by atoms with Crippen molar-refractivity contribution < 1.29 is 9.90 Å². The van der Waals surface area contributed by atoms with Gasteiger partial charge in [0.1, 0.15) is 0 Å². The van der Waals surface area contributed by atoms with E-state index in [2.05, 4.69) is 33.1 Å². The Morgan fingerprint density at radius 1 is 1.53 bits per heavy atom. The maximum atomic E-state index is 11.1. The Bertz CT molecular complexity index is 396. The molecule has 0 amide bonds. The molecular formula is C12H17BrN2O2. The Morgan fingerprint density at radius 2 is 2.24 bits per heavy atom. The third-order valence-corrected chi connectivity index (χ3v) is 3.24. The lowest BCUT2D eigenvalue weighted by Gasteiger charge is -2.16. The van der Waals surface area contributed by atoms with Crippen LogP contribution in [0.5, 0.6) is 0 Å². The van der Waals surface area contributed by atoms with Crippen LogP contribution in [0.1, 0.15) is 17.3 Å². The van der Waals surface area contributed by atoms with E-state index in [1.807, 2.05) is 13.1 Å². The number of carboxylic acid groups (broad SMARTS) is 1. The number of hydrogen-bond donors (Lipinski definition) is 2. The first kappa shape index (κ1) is 14.0. The van der Waals surface area contributed by atoms with Gasteiger partial charge in [0.25, 0.3) is 0 Å². The Morgan fingerprint density at radius 3 is 2.82 bits per heavy atom. The van der Waals surface area contributed by atoms with Crippen molar-refractivity contribution in [2.75, 3.05) is 32.0 Å². The van der Waals surface area contributed by atoms with Crippen molar-refractivity contribution >= 4 is 27.6 Å². The van der Waals surface area contributed by atoms with Crippen LogP contribution in [-0.4, -0.2) is 42.7 Å². The first-order valence-electron chi connectivity index (χ1n) is 5.50. The van der Waals surface area contributed by atoms with Crippen molar-refractivity contribution in [2.24, 2.45) is 0 Å². The fourth-order valence-electron chi connectivity index (χ4n) is 1.43. The van der Waals surface area contributed by atoms with E-state index >= 15 is 0 Å². The molecule has 0 aliphatic rings. The van der Waals surface area contributed by atoms with Crippen LogP contribution >= 0.6 is 15.9 Å². The van der Waals surface area contributed by atoms with E-state index in [1.165, 1.54) is 0 Å². The zero-order valence-corrected chi connectivity index (χ0v) is 11.6. The maximum Gasteiger partial charge on any atom is 0.338 e. The number of carboxylic acids is 1. The first-order chi connectivity index (χ1) is 8.06. The zero-order chi connectivity index (χ0) is 12.8. The molecule has 0 atom stereocenters. The van der Waals surface area contributed by atoms with Crippen LogP contribution in [0.4, 0.5) is 5.69 Å². The predicted molar refractivity (Wildman–Crippen MR) is 72.8 cm³/mol. The van der Waals surface area contributed by atoms with Crippen LogP contribution in [0, 0.1) is 0 Å². The molecule has 0 saturated heterocycles. The minimum absolute atomic E-state index is 0.284. The number of nitrogens with one attached hydrogen (secondary N) is 1. The number of anilines is 1. The topological polar surface area (TPSA) is 52.6 Å². The smallest absolute Gasteiger partial charge is 0.338 e. The molecule has 0 aliphatic carbocycles. The Balaban J connectivity index is 2.71. The van der Waals surface area contributed by atoms with Gasteiger partial charge in [0.15, 0.2) is 0 Å². The molecule has 0 radical (unpaired) electrons. The number of benzene rings is 1. The van der Waals surface area contributed by atoms with E-state index in [1.54, 1.807) is 12.1 Å². The summed E-state index contributed by atoms with van der Waals surface area (Å²) in [6.07, 6.45) is 0. The summed E-state index contributed by atoms with van der Waals surface area (Å²) >= 11 is 3.25. The molecule has 1 aromatic carbocycles. The molecule has 4 nitrogen and oxygen atoms in total. The monoisotopic (exact) mass is 300 g/mol. The third kappa shape index (κ3) is 4.02. The third-order valence-electron chi connectivity index (χ3n) is 2.58. The number of halogens is 1. The van der Waals surface area contributed by atoms with E-state index < -0.39 is 5.97 Å². The highest BCUT2D eigenvalue weighted by molar-refractivity contribution is 9.10. The highest BCUT2D eigenvalue weighted by Gasteiger charge is 2.13. The van der Waals surface area contributed by atoms with Gasteiger partial charge in [-0.05, 0) is 41.7 Å². The SMILES string of the molecule is CCN(C)CCNc1cccc(Br)c1C(=O)O. The Hall–Kier alpha value is -1.07. The molecule has 0 unspecified atom stereocenters. The number of likely N-dealkylation sites (N-methyl/N-ethyl adjacent to an activating group) is 1. The largest absolute Gasteiger partial charge is 0.478 e. The van der Waals surface area contributed by atoms with E-state index in [9.17, 15) is 4.79 Å². The second-order valence-corrected chi connectivity index (χ2v) is 4.64. The molecule has 1 aromatic rings. The fourth-order valence-corrected chi connectivity index (χ4v) is 1.96. The lowest BCUT2D eigenvalue weighted by atomic mass is 10.2. The van der Waals surface area contributed by atoms with E-state index in [-0.39, 0.29) is 5.56 Å². The van der Waals surface area contributed by atoms with Gasteiger partial charge in [-0.15, -0.1) is 0 Å². The van der Waals surface area contributed by atoms with Gasteiger partial charge < -0.3 is 15.3 Å². The summed E-state index contributed by atoms with van der Waals surface area (Å²) < 4.78 is 0.596. The molecule has 17 heavy (non-hydrogen) atoms. The average molecular weight is 301 g/mol. The molecule has 0 aromatic heterocycles. The Kier molecular flexibility index (Phi) is 5.44. The molecule has 5 heteroatoms. The molecule has 0 fully saturated rings. The summed E-state index contributed by atoms with van der Waals surface area (Å²) in [4.78, 5) is 13.3. The molecule has 0 spiro atoms. The van der Waals surface area contributed by atoms with Gasteiger partial charge in [-0.1, -0.05) is 13.0 Å². The van der Waals surface area contributed by atoms with Gasteiger partial charge in [-0.3, -0.25) is 0 Å². The summed E-state index contributed by atoms with van der Waals surface area (Å²) in [6.45, 7) is 4.66. The van der Waals surface area contributed by atoms with Crippen LogP contribution in [0.2, 0.25) is 0 Å². The lowest BCUT2D eigenvalue weighted by molar-refractivity contribution is 0.0697. The van der Waals surface area contributed by atoms with Gasteiger partial charge in [0, 0.05) is 23.2 Å². The second kappa shape index (κ2) is 6.61. The number of aromatic carboxylic acids is 1. The molecule has 0 heterocycles. The highest BCUT2D eigenvalue weighted by atomic mass is 79.9. The van der Waals surface area contributed by atoms with Gasteiger partial charge in [0.05, 0.1) is 5.56 Å². The summed E-state index contributed by atoms with van der Waals surface area (Å²) in [5.74, 6) is -0.927. The maximum absolute atomic E-state index is 11.1. The zero-order valence-electron chi connectivity index (χ0n) is 10.0. The normalized spacial score (nSPS) is 10.6. The molecule has 0 aliphatic heterocycles. The van der Waals surface area contributed by atoms with Crippen molar-refractivity contribution in [1.82, 2.24) is 4.90 Å². The molecule has 94 valence electrons. The van der Waals surface area contributed by atoms with Crippen LogP contribution in [-0.2, 0) is 0 Å². The van der Waals surface area contributed by atoms with E-state index in [0.717, 1.165) is 19.6 Å². The van der Waals surface area contributed by atoms with Crippen LogP contribution in [0.15, 0.2) is 22.7 Å². The van der Waals surface area contributed by atoms with Gasteiger partial charge in [-0.25, -0.2) is 4.79 Å². The summed E-state index contributed by atoms with van der Waals surface area (Å²) in [5.41, 5.74) is 0.933. The van der Waals surface area contributed by atoms with Gasteiger partial charge in [-0.2, -0.15) is 0 Å². The summed E-state index contributed by atoms with van der Waals surface area (Å²) in [7, 11) is 2.03. The second-order valence-electron chi connectivity index (χ2n) is 3.79. The number of carbonyl (C=O) groups is 1. The van der Waals surface area contributed by atoms with E-state index in [0.29, 0.717) is 10.2 Å². The minimum atomic E-state index is -0.927. The van der Waals surface area contributed by atoms with Crippen molar-refractivity contribution in [3.63, 3.8) is 0 Å². The fraction of sp³-hybridized carbons (Fsp3) is 0.417. The van der Waals surface area contributed by atoms with Crippen LogP contribution in [0.25, 0.3) is 0 Å². The highest BCUT2D eigenvalue weighted by Crippen LogP contribution is 2.24. The Labute approximate surface area is 110 Å². The molecule has 0 bridgehead atoms. The van der Waals surface area contributed by atoms with Gasteiger partial charge >= 0.3 is 5.97 Å². The van der Waals surface area contributed by atoms with Crippen molar-refractivity contribution in [3.05, 3.63) is 28.2 Å². The van der Waals surface area contributed by atoms with Crippen molar-refractivity contribution in [1.29, 1.82) is 0 Å². The number of hydrogen-bond acceptors (Lipinski definition) is 3. The van der Waals surface area contributed by atoms with Crippen LogP contribution < -0.4 is 5.32 Å². The number of nitrogens with zero attached hydrogens (tertiary/aromatic N) is 1. The number of rotatable bonds is 6. The standard InChI is InChI=1S/C12H17BrN2O2/c1-3-15(2)8-7-14-10-6-4-5-9(13)11(10)12(16)17/h4-6,14H,3,7-8H2,1-2H3,(H,16,17). The summed E-state index contributed by atoms with van der Waals surface area (Å²) in [6, 6.07) is 5.33. The van der Waals surface area contributed by atoms with E-state index in [4.69, 9.17) is 5.11 Å². The predicted octanol–water partition coefficient (Wildman–Crippen LogP) is 2.51. The van der Waals surface area contributed by atoms with Gasteiger partial charge in [0.2, 0.25) is 0 Å². The molecule has 0 saturated carbocycles. The molecule has 1 rings (SSSR count). The molecule has 2 N–H and O–H groups in total. The summed E-state index contributed by atoms with van der Waals surface area (Å²) in [5, 5.41) is 12.3. The van der Waals surface area contributed by atoms with Crippen molar-refractivity contribution in [2.45, 2.75) is 6.92 Å². The lowest BCUT2D eigenvalue weighted by Crippen LogP contribution is -2.25. The quantitative estimate of drug-likeness (QED) is 0.847. The van der Waals surface area contributed by atoms with Crippen molar-refractivity contribution in [3.8, 4) is 0 Å². The minimum Gasteiger partial charge on any atom is -0.478 e.